The molecule has 0 radical (unpaired) electrons. The fraction of sp³-hybridized carbons (Fsp3) is 0.333. The van der Waals surface area contributed by atoms with Gasteiger partial charge in [0.2, 0.25) is 0 Å². The Morgan fingerprint density at radius 3 is 2.35 bits per heavy atom. The molecule has 0 heterocycles. The van der Waals surface area contributed by atoms with Crippen LogP contribution in [0, 0.1) is 5.41 Å². The lowest BCUT2D eigenvalue weighted by molar-refractivity contribution is -0.131. The first-order valence-electron chi connectivity index (χ1n) is 10.5. The first-order valence-corrected chi connectivity index (χ1v) is 10.5. The molecule has 0 bridgehead atoms. The van der Waals surface area contributed by atoms with Gasteiger partial charge in [0.1, 0.15) is 0 Å². The molecule has 4 nitrogen and oxygen atoms in total. The summed E-state index contributed by atoms with van der Waals surface area (Å²) in [6.45, 7) is 10.5. The van der Waals surface area contributed by atoms with E-state index < -0.39 is 11.9 Å². The molecule has 0 fully saturated rings. The standard InChI is InChI=1S/C27H32O4/c1-18(12-14-24-19(2)8-7-15-27(24,4)5)11-13-23(20(3)16-25(28)29)21-9-6-10-22(17-21)26(30)31/h6,9-14,16-17H,7-8,15H2,1-5H3,(H,28,29)(H,30,31)/b14-12+,18-11+,20-16+,23-13+. The van der Waals surface area contributed by atoms with E-state index in [1.165, 1.54) is 30.1 Å². The van der Waals surface area contributed by atoms with Gasteiger partial charge in [0.05, 0.1) is 5.56 Å². The van der Waals surface area contributed by atoms with Crippen LogP contribution in [0.4, 0.5) is 0 Å². The first-order chi connectivity index (χ1) is 14.5. The fourth-order valence-electron chi connectivity index (χ4n) is 4.03. The third kappa shape index (κ3) is 6.68. The Bertz CT molecular complexity index is 1010. The molecule has 1 aromatic carbocycles. The van der Waals surface area contributed by atoms with Crippen molar-refractivity contribution in [1.29, 1.82) is 0 Å². The van der Waals surface area contributed by atoms with Gasteiger partial charge in [0.25, 0.3) is 0 Å². The minimum atomic E-state index is -1.04. The van der Waals surface area contributed by atoms with Crippen molar-refractivity contribution in [2.45, 2.75) is 53.9 Å². The highest BCUT2D eigenvalue weighted by Gasteiger charge is 2.26. The van der Waals surface area contributed by atoms with Gasteiger partial charge in [0, 0.05) is 6.08 Å². The summed E-state index contributed by atoms with van der Waals surface area (Å²) in [5.74, 6) is -2.06. The maximum Gasteiger partial charge on any atom is 0.335 e. The SMILES string of the molecule is CC1=C(/C=C/C(C)=C/C=C(\C(C)=C\C(=O)O)c2cccc(C(=O)O)c2)C(C)(C)CCC1. The lowest BCUT2D eigenvalue weighted by Gasteiger charge is -2.32. The maximum atomic E-state index is 11.4. The van der Waals surface area contributed by atoms with E-state index in [1.54, 1.807) is 25.1 Å². The summed E-state index contributed by atoms with van der Waals surface area (Å²) in [7, 11) is 0. The highest BCUT2D eigenvalue weighted by atomic mass is 16.4. The van der Waals surface area contributed by atoms with Crippen LogP contribution in [0.15, 0.2) is 76.9 Å². The number of carboxylic acids is 2. The number of carboxylic acid groups (broad SMARTS) is 2. The van der Waals surface area contributed by atoms with E-state index in [1.807, 2.05) is 19.1 Å². The molecule has 2 N–H and O–H groups in total. The van der Waals surface area contributed by atoms with Crippen molar-refractivity contribution in [2.75, 3.05) is 0 Å². The summed E-state index contributed by atoms with van der Waals surface area (Å²) in [5.41, 5.74) is 6.05. The molecule has 0 amide bonds. The molecule has 0 atom stereocenters. The van der Waals surface area contributed by atoms with E-state index >= 15 is 0 Å². The summed E-state index contributed by atoms with van der Waals surface area (Å²) < 4.78 is 0. The summed E-state index contributed by atoms with van der Waals surface area (Å²) >= 11 is 0. The highest BCUT2D eigenvalue weighted by molar-refractivity contribution is 5.92. The van der Waals surface area contributed by atoms with Crippen molar-refractivity contribution in [3.05, 3.63) is 88.1 Å². The lowest BCUT2D eigenvalue weighted by atomic mass is 9.72. The van der Waals surface area contributed by atoms with Gasteiger partial charge in [0.15, 0.2) is 0 Å². The zero-order chi connectivity index (χ0) is 23.2. The van der Waals surface area contributed by atoms with E-state index in [-0.39, 0.29) is 11.0 Å². The van der Waals surface area contributed by atoms with Crippen LogP contribution in [0.1, 0.15) is 69.8 Å². The molecule has 0 aromatic heterocycles. The number of allylic oxidation sites excluding steroid dienone is 9. The Labute approximate surface area is 185 Å². The number of carbonyl (C=O) groups is 2. The number of rotatable bonds is 7. The third-order valence-corrected chi connectivity index (χ3v) is 5.75. The Morgan fingerprint density at radius 1 is 1.06 bits per heavy atom. The fourth-order valence-corrected chi connectivity index (χ4v) is 4.03. The molecule has 4 heteroatoms. The predicted octanol–water partition coefficient (Wildman–Crippen LogP) is 6.83. The molecule has 0 spiro atoms. The normalized spacial score (nSPS) is 17.9. The molecule has 2 rings (SSSR count). The molecule has 1 aliphatic carbocycles. The molecule has 0 aliphatic heterocycles. The van der Waals surface area contributed by atoms with Gasteiger partial charge >= 0.3 is 11.9 Å². The van der Waals surface area contributed by atoms with Crippen molar-refractivity contribution >= 4 is 17.5 Å². The second kappa shape index (κ2) is 10.3. The van der Waals surface area contributed by atoms with Crippen molar-refractivity contribution < 1.29 is 19.8 Å². The van der Waals surface area contributed by atoms with Gasteiger partial charge in [-0.15, -0.1) is 0 Å². The van der Waals surface area contributed by atoms with Crippen LogP contribution in [-0.4, -0.2) is 22.2 Å². The number of benzene rings is 1. The zero-order valence-corrected chi connectivity index (χ0v) is 19.0. The van der Waals surface area contributed by atoms with Crippen LogP contribution in [0.5, 0.6) is 0 Å². The highest BCUT2D eigenvalue weighted by Crippen LogP contribution is 2.40. The predicted molar refractivity (Wildman–Crippen MR) is 126 cm³/mol. The molecule has 164 valence electrons. The van der Waals surface area contributed by atoms with Gasteiger partial charge < -0.3 is 10.2 Å². The first kappa shape index (κ1) is 24.1. The Balaban J connectivity index is 2.43. The topological polar surface area (TPSA) is 74.6 Å². The summed E-state index contributed by atoms with van der Waals surface area (Å²) in [5, 5.41) is 18.5. The van der Waals surface area contributed by atoms with E-state index in [2.05, 4.69) is 32.9 Å². The second-order valence-electron chi connectivity index (χ2n) is 8.81. The number of hydrogen-bond donors (Lipinski definition) is 2. The van der Waals surface area contributed by atoms with Crippen molar-refractivity contribution in [3.8, 4) is 0 Å². The zero-order valence-electron chi connectivity index (χ0n) is 19.0. The van der Waals surface area contributed by atoms with E-state index in [0.717, 1.165) is 18.1 Å². The van der Waals surface area contributed by atoms with E-state index in [9.17, 15) is 19.8 Å². The Kier molecular flexibility index (Phi) is 7.98. The van der Waals surface area contributed by atoms with Crippen LogP contribution in [0.25, 0.3) is 5.57 Å². The molecular weight excluding hydrogens is 388 g/mol. The van der Waals surface area contributed by atoms with E-state index in [4.69, 9.17) is 0 Å². The maximum absolute atomic E-state index is 11.4. The average Bonchev–Trinajstić information content (AvgIpc) is 2.67. The Morgan fingerprint density at radius 2 is 1.74 bits per heavy atom. The molecule has 0 saturated carbocycles. The van der Waals surface area contributed by atoms with E-state index in [0.29, 0.717) is 16.7 Å². The smallest absolute Gasteiger partial charge is 0.335 e. The molecular formula is C27H32O4. The van der Waals surface area contributed by atoms with Crippen LogP contribution in [-0.2, 0) is 4.79 Å². The molecule has 31 heavy (non-hydrogen) atoms. The second-order valence-corrected chi connectivity index (χ2v) is 8.81. The molecule has 0 unspecified atom stereocenters. The van der Waals surface area contributed by atoms with Crippen molar-refractivity contribution in [1.82, 2.24) is 0 Å². The number of hydrogen-bond acceptors (Lipinski definition) is 2. The monoisotopic (exact) mass is 420 g/mol. The van der Waals surface area contributed by atoms with Crippen molar-refractivity contribution in [3.63, 3.8) is 0 Å². The summed E-state index contributed by atoms with van der Waals surface area (Å²) in [4.78, 5) is 22.5. The quantitative estimate of drug-likeness (QED) is 0.374. The van der Waals surface area contributed by atoms with Gasteiger partial charge in [-0.1, -0.05) is 61.4 Å². The van der Waals surface area contributed by atoms with Gasteiger partial charge in [-0.3, -0.25) is 0 Å². The molecule has 1 aliphatic rings. The summed E-state index contributed by atoms with van der Waals surface area (Å²) in [6, 6.07) is 6.53. The van der Waals surface area contributed by atoms with Crippen LogP contribution < -0.4 is 0 Å². The van der Waals surface area contributed by atoms with Gasteiger partial charge in [-0.2, -0.15) is 0 Å². The van der Waals surface area contributed by atoms with Crippen LogP contribution in [0.2, 0.25) is 0 Å². The minimum absolute atomic E-state index is 0.161. The average molecular weight is 421 g/mol. The van der Waals surface area contributed by atoms with Crippen LogP contribution in [0.3, 0.4) is 0 Å². The number of aromatic carboxylic acids is 1. The largest absolute Gasteiger partial charge is 0.478 e. The van der Waals surface area contributed by atoms with Crippen molar-refractivity contribution in [2.24, 2.45) is 5.41 Å². The third-order valence-electron chi connectivity index (χ3n) is 5.75. The van der Waals surface area contributed by atoms with Gasteiger partial charge in [-0.05, 0) is 79.9 Å². The molecule has 0 saturated heterocycles. The minimum Gasteiger partial charge on any atom is -0.478 e. The number of aliphatic carboxylic acids is 1. The molecule has 1 aromatic rings. The van der Waals surface area contributed by atoms with Crippen LogP contribution >= 0.6 is 0 Å². The summed E-state index contributed by atoms with van der Waals surface area (Å²) in [6.07, 6.45) is 12.7. The Hall–Kier alpha value is -3.14. The van der Waals surface area contributed by atoms with Gasteiger partial charge in [-0.25, -0.2) is 9.59 Å². The lowest BCUT2D eigenvalue weighted by Crippen LogP contribution is -2.19.